The molecule has 0 spiro atoms. The lowest BCUT2D eigenvalue weighted by Gasteiger charge is -2.26. The van der Waals surface area contributed by atoms with Gasteiger partial charge in [0, 0.05) is 5.56 Å². The van der Waals surface area contributed by atoms with Gasteiger partial charge in [0.25, 0.3) is 11.8 Å². The fourth-order valence-corrected chi connectivity index (χ4v) is 2.71. The zero-order valence-corrected chi connectivity index (χ0v) is 14.6. The molecule has 1 aromatic carbocycles. The lowest BCUT2D eigenvalue weighted by atomic mass is 9.98. The Morgan fingerprint density at radius 3 is 2.74 bits per heavy atom. The van der Waals surface area contributed by atoms with Crippen LogP contribution in [0.1, 0.15) is 28.6 Å². The van der Waals surface area contributed by atoms with E-state index in [1.807, 2.05) is 0 Å². The van der Waals surface area contributed by atoms with Crippen molar-refractivity contribution in [3.63, 3.8) is 0 Å². The fraction of sp³-hybridized carbons (Fsp3) is 0.263. The molecule has 0 saturated heterocycles. The van der Waals surface area contributed by atoms with E-state index >= 15 is 0 Å². The number of hydrogen-bond acceptors (Lipinski definition) is 6. The summed E-state index contributed by atoms with van der Waals surface area (Å²) in [6.07, 6.45) is 0.444. The van der Waals surface area contributed by atoms with Crippen molar-refractivity contribution in [2.24, 2.45) is 0 Å². The monoisotopic (exact) mass is 370 g/mol. The van der Waals surface area contributed by atoms with E-state index in [1.165, 1.54) is 13.2 Å². The molecule has 0 aliphatic carbocycles. The summed E-state index contributed by atoms with van der Waals surface area (Å²) in [5.41, 5.74) is 1.01. The molecule has 1 aliphatic rings. The number of ether oxygens (including phenoxy) is 1. The number of imide groups is 1. The SMILES string of the molecule is C[C@H](OC(=O)CN1C(=O)Cc2ccccc2C1=O)C(=O)NCc1ccco1. The summed E-state index contributed by atoms with van der Waals surface area (Å²) in [6.45, 7) is 1.03. The molecule has 0 unspecified atom stereocenters. The first kappa shape index (κ1) is 18.4. The normalized spacial score (nSPS) is 14.5. The predicted molar refractivity (Wildman–Crippen MR) is 92.3 cm³/mol. The Balaban J connectivity index is 1.54. The second kappa shape index (κ2) is 7.86. The van der Waals surface area contributed by atoms with Crippen molar-refractivity contribution in [3.05, 3.63) is 59.5 Å². The molecule has 0 saturated carbocycles. The first-order valence-corrected chi connectivity index (χ1v) is 8.38. The quantitative estimate of drug-likeness (QED) is 0.602. The smallest absolute Gasteiger partial charge is 0.326 e. The van der Waals surface area contributed by atoms with Gasteiger partial charge in [0.1, 0.15) is 12.3 Å². The lowest BCUT2D eigenvalue weighted by Crippen LogP contribution is -2.46. The Labute approximate surface area is 155 Å². The second-order valence-corrected chi connectivity index (χ2v) is 6.05. The van der Waals surface area contributed by atoms with Gasteiger partial charge in [0.15, 0.2) is 6.10 Å². The number of carbonyl (C=O) groups excluding carboxylic acids is 4. The van der Waals surface area contributed by atoms with Crippen LogP contribution in [0.3, 0.4) is 0 Å². The van der Waals surface area contributed by atoms with Gasteiger partial charge in [0.05, 0.1) is 19.2 Å². The van der Waals surface area contributed by atoms with Gasteiger partial charge in [-0.15, -0.1) is 0 Å². The molecule has 1 atom stereocenters. The summed E-state index contributed by atoms with van der Waals surface area (Å²) in [4.78, 5) is 49.5. The number of benzene rings is 1. The number of rotatable bonds is 6. The Hall–Kier alpha value is -3.42. The third-order valence-corrected chi connectivity index (χ3v) is 4.12. The highest BCUT2D eigenvalue weighted by Gasteiger charge is 2.33. The summed E-state index contributed by atoms with van der Waals surface area (Å²) >= 11 is 0. The van der Waals surface area contributed by atoms with Crippen molar-refractivity contribution in [2.75, 3.05) is 6.54 Å². The van der Waals surface area contributed by atoms with Crippen molar-refractivity contribution in [3.8, 4) is 0 Å². The van der Waals surface area contributed by atoms with Crippen molar-refractivity contribution in [2.45, 2.75) is 26.0 Å². The van der Waals surface area contributed by atoms with E-state index in [0.29, 0.717) is 16.9 Å². The van der Waals surface area contributed by atoms with Gasteiger partial charge in [-0.25, -0.2) is 0 Å². The molecule has 2 heterocycles. The zero-order valence-electron chi connectivity index (χ0n) is 14.6. The van der Waals surface area contributed by atoms with Crippen LogP contribution in [0.25, 0.3) is 0 Å². The Morgan fingerprint density at radius 1 is 1.22 bits per heavy atom. The minimum absolute atomic E-state index is 0.0361. The molecule has 8 nitrogen and oxygen atoms in total. The van der Waals surface area contributed by atoms with Crippen molar-refractivity contribution >= 4 is 23.7 Å². The van der Waals surface area contributed by atoms with E-state index in [9.17, 15) is 19.2 Å². The minimum atomic E-state index is -1.07. The van der Waals surface area contributed by atoms with Crippen LogP contribution >= 0.6 is 0 Å². The van der Waals surface area contributed by atoms with Crippen molar-refractivity contribution in [1.82, 2.24) is 10.2 Å². The molecule has 2 aromatic rings. The average molecular weight is 370 g/mol. The molecule has 1 aliphatic heterocycles. The van der Waals surface area contributed by atoms with E-state index in [4.69, 9.17) is 9.15 Å². The van der Waals surface area contributed by atoms with Crippen LogP contribution in [0.15, 0.2) is 47.1 Å². The van der Waals surface area contributed by atoms with Crippen LogP contribution in [0.2, 0.25) is 0 Å². The number of amides is 3. The van der Waals surface area contributed by atoms with Gasteiger partial charge in [0.2, 0.25) is 5.91 Å². The molecule has 0 radical (unpaired) electrons. The number of furan rings is 1. The molecule has 3 amide bonds. The van der Waals surface area contributed by atoms with Gasteiger partial charge in [-0.3, -0.25) is 24.1 Å². The largest absolute Gasteiger partial charge is 0.467 e. The maximum absolute atomic E-state index is 12.4. The van der Waals surface area contributed by atoms with E-state index in [-0.39, 0.29) is 13.0 Å². The summed E-state index contributed by atoms with van der Waals surface area (Å²) in [6, 6.07) is 10.1. The van der Waals surface area contributed by atoms with Crippen LogP contribution in [-0.4, -0.2) is 41.2 Å². The maximum Gasteiger partial charge on any atom is 0.326 e. The highest BCUT2D eigenvalue weighted by Crippen LogP contribution is 2.19. The third-order valence-electron chi connectivity index (χ3n) is 4.12. The third kappa shape index (κ3) is 4.22. The van der Waals surface area contributed by atoms with Gasteiger partial charge in [-0.05, 0) is 30.7 Å². The molecule has 1 aromatic heterocycles. The van der Waals surface area contributed by atoms with E-state index < -0.39 is 36.3 Å². The highest BCUT2D eigenvalue weighted by molar-refractivity contribution is 6.11. The van der Waals surface area contributed by atoms with Gasteiger partial charge in [-0.2, -0.15) is 0 Å². The Bertz CT molecular complexity index is 874. The van der Waals surface area contributed by atoms with Crippen LogP contribution < -0.4 is 5.32 Å². The Morgan fingerprint density at radius 2 is 2.00 bits per heavy atom. The molecule has 1 N–H and O–H groups in total. The average Bonchev–Trinajstić information content (AvgIpc) is 3.16. The van der Waals surface area contributed by atoms with Gasteiger partial charge < -0.3 is 14.5 Å². The summed E-state index contributed by atoms with van der Waals surface area (Å²) < 4.78 is 10.1. The molecule has 8 heteroatoms. The number of carbonyl (C=O) groups is 4. The molecule has 3 rings (SSSR count). The topological polar surface area (TPSA) is 106 Å². The van der Waals surface area contributed by atoms with Gasteiger partial charge in [-0.1, -0.05) is 18.2 Å². The summed E-state index contributed by atoms with van der Waals surface area (Å²) in [5.74, 6) is -1.82. The predicted octanol–water partition coefficient (Wildman–Crippen LogP) is 1.05. The van der Waals surface area contributed by atoms with Crippen LogP contribution in [0.4, 0.5) is 0 Å². The number of fused-ring (bicyclic) bond motifs is 1. The van der Waals surface area contributed by atoms with E-state index in [0.717, 1.165) is 4.90 Å². The summed E-state index contributed by atoms with van der Waals surface area (Å²) in [5, 5.41) is 2.57. The molecule has 0 bridgehead atoms. The first-order valence-electron chi connectivity index (χ1n) is 8.38. The van der Waals surface area contributed by atoms with E-state index in [2.05, 4.69) is 5.32 Å². The van der Waals surface area contributed by atoms with Gasteiger partial charge >= 0.3 is 5.97 Å². The number of hydrogen-bond donors (Lipinski definition) is 1. The molecule has 27 heavy (non-hydrogen) atoms. The second-order valence-electron chi connectivity index (χ2n) is 6.05. The maximum atomic E-state index is 12.4. The lowest BCUT2D eigenvalue weighted by molar-refractivity contribution is -0.156. The van der Waals surface area contributed by atoms with Crippen LogP contribution in [0.5, 0.6) is 0 Å². The molecular weight excluding hydrogens is 352 g/mol. The fourth-order valence-electron chi connectivity index (χ4n) is 2.71. The van der Waals surface area contributed by atoms with Crippen LogP contribution in [0, 0.1) is 0 Å². The standard InChI is InChI=1S/C19H18N2O6/c1-12(18(24)20-10-14-6-4-8-26-14)27-17(23)11-21-16(22)9-13-5-2-3-7-15(13)19(21)25/h2-8,12H,9-11H2,1H3,(H,20,24)/t12-/m0/s1. The number of nitrogens with one attached hydrogen (secondary N) is 1. The highest BCUT2D eigenvalue weighted by atomic mass is 16.5. The van der Waals surface area contributed by atoms with E-state index in [1.54, 1.807) is 36.4 Å². The summed E-state index contributed by atoms with van der Waals surface area (Å²) in [7, 11) is 0. The number of nitrogens with zero attached hydrogens (tertiary/aromatic N) is 1. The van der Waals surface area contributed by atoms with Crippen molar-refractivity contribution < 1.29 is 28.3 Å². The molecular formula is C19H18N2O6. The van der Waals surface area contributed by atoms with Crippen molar-refractivity contribution in [1.29, 1.82) is 0 Å². The molecule has 140 valence electrons. The molecule has 0 fully saturated rings. The first-order chi connectivity index (χ1) is 13.0. The minimum Gasteiger partial charge on any atom is -0.467 e. The Kier molecular flexibility index (Phi) is 5.35. The van der Waals surface area contributed by atoms with Crippen LogP contribution in [-0.2, 0) is 32.1 Å². The zero-order chi connectivity index (χ0) is 19.4. The number of esters is 1.